The maximum Gasteiger partial charge on any atom is 0.171 e. The molecule has 0 aliphatic heterocycles. The molecule has 0 spiro atoms. The summed E-state index contributed by atoms with van der Waals surface area (Å²) in [5.74, 6) is 0. The monoisotopic (exact) mass is 344 g/mol. The number of aromatic amines is 1. The highest BCUT2D eigenvalue weighted by Gasteiger charge is 2.16. The van der Waals surface area contributed by atoms with Gasteiger partial charge in [0.1, 0.15) is 5.65 Å². The van der Waals surface area contributed by atoms with E-state index in [4.69, 9.17) is 10.1 Å². The molecule has 0 aliphatic rings. The standard InChI is InChI=1S/C20H16N4S/c1-12-7-9-14(10-8-12)25-18-13(2)23-24-19-16(11-21-20(18)24)15-5-3-4-6-17(15)22-19/h3-11,22H,1-2H3. The van der Waals surface area contributed by atoms with Gasteiger partial charge < -0.3 is 4.98 Å². The van der Waals surface area contributed by atoms with E-state index in [1.54, 1.807) is 11.8 Å². The van der Waals surface area contributed by atoms with Crippen molar-refractivity contribution in [3.63, 3.8) is 0 Å². The minimum atomic E-state index is 0.891. The van der Waals surface area contributed by atoms with Gasteiger partial charge in [-0.15, -0.1) is 0 Å². The number of aryl methyl sites for hydroxylation is 2. The zero-order valence-electron chi connectivity index (χ0n) is 13.9. The number of nitrogens with zero attached hydrogens (tertiary/aromatic N) is 3. The average Bonchev–Trinajstić information content (AvgIpc) is 3.15. The maximum absolute atomic E-state index is 4.75. The summed E-state index contributed by atoms with van der Waals surface area (Å²) in [4.78, 5) is 10.5. The SMILES string of the molecule is Cc1ccc(Sc2c(C)nn3c2ncc2c4ccccc4[nH]c23)cc1. The van der Waals surface area contributed by atoms with Crippen molar-refractivity contribution in [2.45, 2.75) is 23.6 Å². The fourth-order valence-electron chi connectivity index (χ4n) is 3.19. The molecule has 0 aliphatic carbocycles. The largest absolute Gasteiger partial charge is 0.339 e. The van der Waals surface area contributed by atoms with Gasteiger partial charge in [0.05, 0.1) is 10.6 Å². The Labute approximate surface area is 148 Å². The highest BCUT2D eigenvalue weighted by molar-refractivity contribution is 7.99. The van der Waals surface area contributed by atoms with Crippen LogP contribution in [0, 0.1) is 13.8 Å². The molecule has 0 atom stereocenters. The summed E-state index contributed by atoms with van der Waals surface area (Å²) in [7, 11) is 0. The molecule has 2 aromatic carbocycles. The Hall–Kier alpha value is -2.79. The molecule has 122 valence electrons. The zero-order chi connectivity index (χ0) is 17.0. The first-order valence-corrected chi connectivity index (χ1v) is 9.01. The third-order valence-corrected chi connectivity index (χ3v) is 5.67. The van der Waals surface area contributed by atoms with Gasteiger partial charge in [-0.05, 0) is 32.0 Å². The lowest BCUT2D eigenvalue weighted by Crippen LogP contribution is -1.92. The number of nitrogens with one attached hydrogen (secondary N) is 1. The van der Waals surface area contributed by atoms with Crippen LogP contribution < -0.4 is 0 Å². The molecule has 5 rings (SSSR count). The molecule has 0 fully saturated rings. The van der Waals surface area contributed by atoms with Gasteiger partial charge in [0.15, 0.2) is 5.65 Å². The molecule has 0 saturated carbocycles. The van der Waals surface area contributed by atoms with Crippen LogP contribution in [-0.2, 0) is 0 Å². The molecule has 0 radical (unpaired) electrons. The van der Waals surface area contributed by atoms with Gasteiger partial charge >= 0.3 is 0 Å². The first-order chi connectivity index (χ1) is 12.2. The number of fused-ring (bicyclic) bond motifs is 5. The van der Waals surface area contributed by atoms with Gasteiger partial charge in [-0.2, -0.15) is 9.61 Å². The summed E-state index contributed by atoms with van der Waals surface area (Å²) in [5.41, 5.74) is 5.24. The Balaban J connectivity index is 1.73. The maximum atomic E-state index is 4.75. The van der Waals surface area contributed by atoms with Crippen LogP contribution in [0.3, 0.4) is 0 Å². The van der Waals surface area contributed by atoms with Crippen LogP contribution in [0.25, 0.3) is 27.6 Å². The number of hydrogen-bond acceptors (Lipinski definition) is 3. The lowest BCUT2D eigenvalue weighted by Gasteiger charge is -2.01. The second kappa shape index (κ2) is 5.36. The van der Waals surface area contributed by atoms with Gasteiger partial charge in [0.2, 0.25) is 0 Å². The topological polar surface area (TPSA) is 46.0 Å². The van der Waals surface area contributed by atoms with E-state index in [9.17, 15) is 0 Å². The van der Waals surface area contributed by atoms with E-state index in [0.29, 0.717) is 0 Å². The van der Waals surface area contributed by atoms with E-state index in [-0.39, 0.29) is 0 Å². The molecule has 5 aromatic rings. The van der Waals surface area contributed by atoms with Gasteiger partial charge in [0, 0.05) is 27.4 Å². The van der Waals surface area contributed by atoms with Crippen LogP contribution in [0.1, 0.15) is 11.3 Å². The van der Waals surface area contributed by atoms with Gasteiger partial charge in [-0.25, -0.2) is 4.98 Å². The summed E-state index contributed by atoms with van der Waals surface area (Å²) in [6.07, 6.45) is 1.95. The lowest BCUT2D eigenvalue weighted by molar-refractivity contribution is 0.944. The lowest BCUT2D eigenvalue weighted by atomic mass is 10.2. The van der Waals surface area contributed by atoms with Crippen molar-refractivity contribution in [1.29, 1.82) is 0 Å². The van der Waals surface area contributed by atoms with Crippen LogP contribution >= 0.6 is 11.8 Å². The van der Waals surface area contributed by atoms with E-state index in [2.05, 4.69) is 48.3 Å². The minimum Gasteiger partial charge on any atom is -0.339 e. The predicted octanol–water partition coefficient (Wildman–Crippen LogP) is 5.13. The van der Waals surface area contributed by atoms with Crippen molar-refractivity contribution in [3.8, 4) is 0 Å². The Morgan fingerprint density at radius 2 is 1.76 bits per heavy atom. The number of rotatable bonds is 2. The van der Waals surface area contributed by atoms with Crippen LogP contribution in [-0.4, -0.2) is 19.6 Å². The molecule has 5 heteroatoms. The van der Waals surface area contributed by atoms with Crippen molar-refractivity contribution < 1.29 is 0 Å². The smallest absolute Gasteiger partial charge is 0.171 e. The van der Waals surface area contributed by atoms with E-state index < -0.39 is 0 Å². The molecule has 0 bridgehead atoms. The molecule has 0 saturated heterocycles. The molecule has 3 aromatic heterocycles. The van der Waals surface area contributed by atoms with Gasteiger partial charge in [-0.1, -0.05) is 47.7 Å². The Morgan fingerprint density at radius 3 is 2.60 bits per heavy atom. The first kappa shape index (κ1) is 14.5. The Morgan fingerprint density at radius 1 is 0.960 bits per heavy atom. The molecule has 25 heavy (non-hydrogen) atoms. The average molecular weight is 344 g/mol. The summed E-state index contributed by atoms with van der Waals surface area (Å²) >= 11 is 1.71. The van der Waals surface area contributed by atoms with Crippen molar-refractivity contribution in [3.05, 3.63) is 66.0 Å². The zero-order valence-corrected chi connectivity index (χ0v) is 14.8. The molecule has 1 N–H and O–H groups in total. The second-order valence-corrected chi connectivity index (χ2v) is 7.34. The van der Waals surface area contributed by atoms with Gasteiger partial charge in [-0.3, -0.25) is 0 Å². The van der Waals surface area contributed by atoms with E-state index in [1.807, 2.05) is 29.8 Å². The van der Waals surface area contributed by atoms with E-state index in [1.165, 1.54) is 15.8 Å². The highest BCUT2D eigenvalue weighted by atomic mass is 32.2. The molecular weight excluding hydrogens is 328 g/mol. The Bertz CT molecular complexity index is 1230. The van der Waals surface area contributed by atoms with Crippen LogP contribution in [0.2, 0.25) is 0 Å². The number of aromatic nitrogens is 4. The van der Waals surface area contributed by atoms with Crippen molar-refractivity contribution in [2.75, 3.05) is 0 Å². The minimum absolute atomic E-state index is 0.891. The van der Waals surface area contributed by atoms with Crippen LogP contribution in [0.15, 0.2) is 64.5 Å². The van der Waals surface area contributed by atoms with Crippen LogP contribution in [0.4, 0.5) is 0 Å². The van der Waals surface area contributed by atoms with E-state index in [0.717, 1.165) is 32.8 Å². The molecule has 3 heterocycles. The molecular formula is C20H16N4S. The third kappa shape index (κ3) is 2.23. The highest BCUT2D eigenvalue weighted by Crippen LogP contribution is 2.35. The number of hydrogen-bond donors (Lipinski definition) is 1. The van der Waals surface area contributed by atoms with E-state index >= 15 is 0 Å². The third-order valence-electron chi connectivity index (χ3n) is 4.48. The normalized spacial score (nSPS) is 11.8. The summed E-state index contributed by atoms with van der Waals surface area (Å²) in [5, 5.41) is 7.02. The summed E-state index contributed by atoms with van der Waals surface area (Å²) in [6, 6.07) is 16.8. The first-order valence-electron chi connectivity index (χ1n) is 8.20. The number of para-hydroxylation sites is 1. The van der Waals surface area contributed by atoms with Gasteiger partial charge in [0.25, 0.3) is 0 Å². The Kier molecular flexibility index (Phi) is 3.12. The van der Waals surface area contributed by atoms with Crippen molar-refractivity contribution in [2.24, 2.45) is 0 Å². The van der Waals surface area contributed by atoms with Crippen molar-refractivity contribution in [1.82, 2.24) is 19.6 Å². The number of benzene rings is 2. The summed E-state index contributed by atoms with van der Waals surface area (Å²) in [6.45, 7) is 4.14. The fourth-order valence-corrected chi connectivity index (χ4v) is 4.11. The molecule has 0 unspecified atom stereocenters. The van der Waals surface area contributed by atoms with Crippen LogP contribution in [0.5, 0.6) is 0 Å². The summed E-state index contributed by atoms with van der Waals surface area (Å²) < 4.78 is 1.93. The molecule has 0 amide bonds. The predicted molar refractivity (Wildman–Crippen MR) is 102 cm³/mol. The fraction of sp³-hybridized carbons (Fsp3) is 0.100. The number of H-pyrrole nitrogens is 1. The molecule has 4 nitrogen and oxygen atoms in total. The van der Waals surface area contributed by atoms with Crippen molar-refractivity contribution >= 4 is 39.3 Å². The quantitative estimate of drug-likeness (QED) is 0.483. The second-order valence-electron chi connectivity index (χ2n) is 6.26.